The monoisotopic (exact) mass is 298 g/mol. The number of rotatable bonds is 2. The summed E-state index contributed by atoms with van der Waals surface area (Å²) in [6.07, 6.45) is 0.687. The maximum atomic E-state index is 11.1. The molecule has 1 rings (SSSR count). The minimum absolute atomic E-state index is 0.214. The highest BCUT2D eigenvalue weighted by molar-refractivity contribution is 14.1. The van der Waals surface area contributed by atoms with E-state index >= 15 is 0 Å². The van der Waals surface area contributed by atoms with Gasteiger partial charge in [0.2, 0.25) is 0 Å². The molecule has 12 heavy (non-hydrogen) atoms. The molecule has 0 aliphatic rings. The van der Waals surface area contributed by atoms with E-state index in [1.807, 2.05) is 6.92 Å². The zero-order chi connectivity index (χ0) is 9.14. The van der Waals surface area contributed by atoms with Crippen LogP contribution in [-0.2, 0) is 10.8 Å². The van der Waals surface area contributed by atoms with Crippen molar-refractivity contribution >= 4 is 34.2 Å². The molecule has 0 radical (unpaired) electrons. The molecule has 1 heterocycles. The molecule has 0 saturated carbocycles. The first-order valence-corrected chi connectivity index (χ1v) is 5.43. The van der Waals surface area contributed by atoms with E-state index in [1.54, 1.807) is 0 Å². The van der Waals surface area contributed by atoms with Crippen LogP contribution < -0.4 is 5.56 Å². The van der Waals surface area contributed by atoms with E-state index in [2.05, 4.69) is 32.6 Å². The van der Waals surface area contributed by atoms with Crippen LogP contribution in [0.25, 0.3) is 0 Å². The van der Waals surface area contributed by atoms with Crippen LogP contribution in [0.2, 0.25) is 5.02 Å². The second-order valence-corrected chi connectivity index (χ2v) is 3.40. The summed E-state index contributed by atoms with van der Waals surface area (Å²) in [6.45, 7) is 1.92. The van der Waals surface area contributed by atoms with Gasteiger partial charge in [0.25, 0.3) is 5.56 Å². The molecule has 0 aliphatic heterocycles. The summed E-state index contributed by atoms with van der Waals surface area (Å²) in [4.78, 5) is 17.9. The number of hydrogen-bond donors (Lipinski definition) is 1. The highest BCUT2D eigenvalue weighted by atomic mass is 127. The lowest BCUT2D eigenvalue weighted by atomic mass is 10.3. The summed E-state index contributed by atoms with van der Waals surface area (Å²) in [6, 6.07) is 0. The van der Waals surface area contributed by atoms with Gasteiger partial charge in [-0.05, 0) is 6.42 Å². The summed E-state index contributed by atoms with van der Waals surface area (Å²) in [5, 5.41) is 0.214. The number of H-pyrrole nitrogens is 1. The van der Waals surface area contributed by atoms with Crippen molar-refractivity contribution in [3.63, 3.8) is 0 Å². The zero-order valence-corrected chi connectivity index (χ0v) is 9.44. The second-order valence-electron chi connectivity index (χ2n) is 2.26. The second kappa shape index (κ2) is 4.23. The van der Waals surface area contributed by atoms with Gasteiger partial charge in [0.05, 0.1) is 10.1 Å². The van der Waals surface area contributed by atoms with Crippen LogP contribution in [0.5, 0.6) is 0 Å². The summed E-state index contributed by atoms with van der Waals surface area (Å²) in [5.74, 6) is 0.682. The van der Waals surface area contributed by atoms with E-state index in [-0.39, 0.29) is 10.6 Å². The molecule has 1 aromatic rings. The fourth-order valence-electron chi connectivity index (χ4n) is 0.854. The largest absolute Gasteiger partial charge is 0.309 e. The van der Waals surface area contributed by atoms with E-state index < -0.39 is 0 Å². The Kier molecular flexibility index (Phi) is 3.52. The number of hydrogen-bond acceptors (Lipinski definition) is 2. The highest BCUT2D eigenvalue weighted by Crippen LogP contribution is 2.09. The molecule has 0 saturated heterocycles. The Labute approximate surface area is 88.7 Å². The third-order valence-corrected chi connectivity index (χ3v) is 2.55. The standard InChI is InChI=1S/C7H8ClIN2O/c1-2-4-6(8)7(12)11-5(3-9)10-4/h2-3H2,1H3,(H,10,11,12). The van der Waals surface area contributed by atoms with Gasteiger partial charge in [-0.2, -0.15) is 0 Å². The van der Waals surface area contributed by atoms with Crippen LogP contribution >= 0.6 is 34.2 Å². The van der Waals surface area contributed by atoms with Crippen molar-refractivity contribution in [3.05, 3.63) is 26.9 Å². The van der Waals surface area contributed by atoms with Gasteiger partial charge in [0, 0.05) is 0 Å². The maximum Gasteiger partial charge on any atom is 0.269 e. The number of nitrogens with one attached hydrogen (secondary N) is 1. The molecule has 0 unspecified atom stereocenters. The molecule has 1 aromatic heterocycles. The average molecular weight is 299 g/mol. The molecule has 3 nitrogen and oxygen atoms in total. The van der Waals surface area contributed by atoms with Crippen LogP contribution in [0.4, 0.5) is 0 Å². The van der Waals surface area contributed by atoms with E-state index in [0.717, 1.165) is 0 Å². The molecule has 0 fully saturated rings. The SMILES string of the molecule is CCc1nc(CI)[nH]c(=O)c1Cl. The number of aryl methyl sites for hydroxylation is 1. The molecule has 0 aliphatic carbocycles. The third kappa shape index (κ3) is 1.98. The number of alkyl halides is 1. The molecule has 0 atom stereocenters. The molecule has 5 heteroatoms. The van der Waals surface area contributed by atoms with Crippen molar-refractivity contribution in [1.29, 1.82) is 0 Å². The van der Waals surface area contributed by atoms with Crippen LogP contribution in [0, 0.1) is 0 Å². The Balaban J connectivity index is 3.29. The van der Waals surface area contributed by atoms with Crippen LogP contribution in [0.15, 0.2) is 4.79 Å². The third-order valence-electron chi connectivity index (χ3n) is 1.44. The fraction of sp³-hybridized carbons (Fsp3) is 0.429. The van der Waals surface area contributed by atoms with E-state index in [0.29, 0.717) is 22.4 Å². The van der Waals surface area contributed by atoms with Crippen molar-refractivity contribution < 1.29 is 0 Å². The number of nitrogens with zero attached hydrogens (tertiary/aromatic N) is 1. The fourth-order valence-corrected chi connectivity index (χ4v) is 1.44. The first-order valence-electron chi connectivity index (χ1n) is 3.52. The van der Waals surface area contributed by atoms with Crippen molar-refractivity contribution in [2.24, 2.45) is 0 Å². The van der Waals surface area contributed by atoms with Crippen LogP contribution in [0.3, 0.4) is 0 Å². The molecule has 0 aromatic carbocycles. The Morgan fingerprint density at radius 1 is 1.67 bits per heavy atom. The Morgan fingerprint density at radius 3 is 2.83 bits per heavy atom. The Morgan fingerprint density at radius 2 is 2.33 bits per heavy atom. The summed E-state index contributed by atoms with van der Waals surface area (Å²) < 4.78 is 0.692. The lowest BCUT2D eigenvalue weighted by Crippen LogP contribution is -2.14. The number of halogens is 2. The minimum atomic E-state index is -0.241. The van der Waals surface area contributed by atoms with Gasteiger partial charge in [0.1, 0.15) is 10.8 Å². The minimum Gasteiger partial charge on any atom is -0.309 e. The highest BCUT2D eigenvalue weighted by Gasteiger charge is 2.05. The van der Waals surface area contributed by atoms with Crippen molar-refractivity contribution in [1.82, 2.24) is 9.97 Å². The summed E-state index contributed by atoms with van der Waals surface area (Å²) in [7, 11) is 0. The normalized spacial score (nSPS) is 10.2. The topological polar surface area (TPSA) is 45.8 Å². The summed E-state index contributed by atoms with van der Waals surface area (Å²) >= 11 is 7.85. The molecule has 0 amide bonds. The van der Waals surface area contributed by atoms with Gasteiger partial charge in [-0.3, -0.25) is 4.79 Å². The van der Waals surface area contributed by atoms with Gasteiger partial charge in [0.15, 0.2) is 0 Å². The predicted octanol–water partition coefficient (Wildman–Crippen LogP) is 1.92. The number of aromatic nitrogens is 2. The first-order chi connectivity index (χ1) is 5.69. The van der Waals surface area contributed by atoms with Gasteiger partial charge in [-0.1, -0.05) is 41.1 Å². The van der Waals surface area contributed by atoms with E-state index in [1.165, 1.54) is 0 Å². The van der Waals surface area contributed by atoms with E-state index in [9.17, 15) is 4.79 Å². The Bertz CT molecular complexity index is 337. The predicted molar refractivity (Wildman–Crippen MR) is 57.0 cm³/mol. The quantitative estimate of drug-likeness (QED) is 0.670. The number of aromatic amines is 1. The molecule has 66 valence electrons. The van der Waals surface area contributed by atoms with Gasteiger partial charge in [-0.25, -0.2) is 4.98 Å². The van der Waals surface area contributed by atoms with Crippen molar-refractivity contribution in [2.45, 2.75) is 17.8 Å². The van der Waals surface area contributed by atoms with E-state index in [4.69, 9.17) is 11.6 Å². The Hall–Kier alpha value is -0.100. The first kappa shape index (κ1) is 9.98. The molecule has 1 N–H and O–H groups in total. The smallest absolute Gasteiger partial charge is 0.269 e. The van der Waals surface area contributed by atoms with Crippen LogP contribution in [0.1, 0.15) is 18.4 Å². The van der Waals surface area contributed by atoms with Crippen molar-refractivity contribution in [3.8, 4) is 0 Å². The van der Waals surface area contributed by atoms with Crippen LogP contribution in [-0.4, -0.2) is 9.97 Å². The van der Waals surface area contributed by atoms with Crippen molar-refractivity contribution in [2.75, 3.05) is 0 Å². The molecule has 0 spiro atoms. The molecular formula is C7H8ClIN2O. The summed E-state index contributed by atoms with van der Waals surface area (Å²) in [5.41, 5.74) is 0.433. The lowest BCUT2D eigenvalue weighted by Gasteiger charge is -2.00. The van der Waals surface area contributed by atoms with Gasteiger partial charge < -0.3 is 4.98 Å². The zero-order valence-electron chi connectivity index (χ0n) is 6.53. The maximum absolute atomic E-state index is 11.1. The molecule has 0 bridgehead atoms. The van der Waals surface area contributed by atoms with Gasteiger partial charge in [-0.15, -0.1) is 0 Å². The average Bonchev–Trinajstić information content (AvgIpc) is 2.09. The van der Waals surface area contributed by atoms with Gasteiger partial charge >= 0.3 is 0 Å². The molecular weight excluding hydrogens is 290 g/mol. The lowest BCUT2D eigenvalue weighted by molar-refractivity contribution is 0.927.